The van der Waals surface area contributed by atoms with Crippen LogP contribution in [0, 0.1) is 0 Å². The van der Waals surface area contributed by atoms with E-state index >= 15 is 0 Å². The molecule has 116 valence electrons. The highest BCUT2D eigenvalue weighted by molar-refractivity contribution is 5.93. The number of hydrogen-bond donors (Lipinski definition) is 3. The van der Waals surface area contributed by atoms with Gasteiger partial charge in [0.2, 0.25) is 5.91 Å². The Morgan fingerprint density at radius 2 is 1.80 bits per heavy atom. The van der Waals surface area contributed by atoms with Crippen LogP contribution in [0.2, 0.25) is 0 Å². The molecule has 0 saturated heterocycles. The summed E-state index contributed by atoms with van der Waals surface area (Å²) >= 11 is 0. The number of amidine groups is 1. The van der Waals surface area contributed by atoms with Gasteiger partial charge in [-0.3, -0.25) is 4.79 Å². The maximum atomic E-state index is 12.1. The summed E-state index contributed by atoms with van der Waals surface area (Å²) in [7, 11) is 0. The van der Waals surface area contributed by atoms with Crippen LogP contribution < -0.4 is 11.1 Å². The van der Waals surface area contributed by atoms with Crippen LogP contribution in [0.4, 0.5) is 0 Å². The second kappa shape index (κ2) is 8.82. The van der Waals surface area contributed by atoms with Crippen molar-refractivity contribution in [1.29, 1.82) is 0 Å². The van der Waals surface area contributed by atoms with Crippen LogP contribution in [0.25, 0.3) is 0 Å². The molecular weight excluding hydrogens is 254 g/mol. The molecule has 1 aliphatic rings. The Bertz CT molecular complexity index is 321. The summed E-state index contributed by atoms with van der Waals surface area (Å²) in [4.78, 5) is 12.1. The first kappa shape index (κ1) is 16.8. The molecule has 0 aromatic carbocycles. The number of amides is 1. The third-order valence-corrected chi connectivity index (χ3v) is 4.19. The highest BCUT2D eigenvalue weighted by Crippen LogP contribution is 2.27. The molecule has 1 fully saturated rings. The molecule has 1 saturated carbocycles. The Morgan fingerprint density at radius 3 is 2.35 bits per heavy atom. The number of hydrogen-bond acceptors (Lipinski definition) is 3. The molecule has 0 aliphatic heterocycles. The fourth-order valence-electron chi connectivity index (χ4n) is 2.91. The van der Waals surface area contributed by atoms with E-state index < -0.39 is 5.54 Å². The van der Waals surface area contributed by atoms with Gasteiger partial charge >= 0.3 is 0 Å². The minimum atomic E-state index is -0.640. The van der Waals surface area contributed by atoms with Crippen LogP contribution in [0.5, 0.6) is 0 Å². The summed E-state index contributed by atoms with van der Waals surface area (Å²) in [6.07, 6.45) is 10.6. The largest absolute Gasteiger partial charge is 0.409 e. The van der Waals surface area contributed by atoms with Gasteiger partial charge in [0.05, 0.1) is 0 Å². The molecule has 5 nitrogen and oxygen atoms in total. The number of nitrogens with two attached hydrogens (primary N) is 1. The van der Waals surface area contributed by atoms with E-state index in [-0.39, 0.29) is 11.7 Å². The fraction of sp³-hybridized carbons (Fsp3) is 0.867. The molecule has 1 aliphatic carbocycles. The van der Waals surface area contributed by atoms with Crippen LogP contribution in [0.15, 0.2) is 5.16 Å². The standard InChI is InChI=1S/C15H29N3O2/c1-2-3-7-10-13(19)17-15(14(16)18-20)11-8-5-4-6-9-12-15/h20H,2-12H2,1H3,(H2,16,18)(H,17,19). The van der Waals surface area contributed by atoms with E-state index in [1.165, 1.54) is 6.42 Å². The van der Waals surface area contributed by atoms with Crippen molar-refractivity contribution in [1.82, 2.24) is 5.32 Å². The van der Waals surface area contributed by atoms with Gasteiger partial charge < -0.3 is 16.3 Å². The number of nitrogens with one attached hydrogen (secondary N) is 1. The highest BCUT2D eigenvalue weighted by Gasteiger charge is 2.36. The lowest BCUT2D eigenvalue weighted by Crippen LogP contribution is -2.57. The first-order chi connectivity index (χ1) is 9.64. The predicted octanol–water partition coefficient (Wildman–Crippen LogP) is 2.91. The first-order valence-corrected chi connectivity index (χ1v) is 7.93. The maximum Gasteiger partial charge on any atom is 0.220 e. The lowest BCUT2D eigenvalue weighted by molar-refractivity contribution is -0.122. The van der Waals surface area contributed by atoms with E-state index in [1.54, 1.807) is 0 Å². The number of nitrogens with zero attached hydrogens (tertiary/aromatic N) is 1. The smallest absolute Gasteiger partial charge is 0.220 e. The zero-order valence-corrected chi connectivity index (χ0v) is 12.7. The van der Waals surface area contributed by atoms with Crippen molar-refractivity contribution in [3.05, 3.63) is 0 Å². The first-order valence-electron chi connectivity index (χ1n) is 7.93. The van der Waals surface area contributed by atoms with Gasteiger partial charge in [0.1, 0.15) is 5.54 Å². The lowest BCUT2D eigenvalue weighted by atomic mass is 9.82. The molecular formula is C15H29N3O2. The predicted molar refractivity (Wildman–Crippen MR) is 80.7 cm³/mol. The van der Waals surface area contributed by atoms with Crippen molar-refractivity contribution in [3.8, 4) is 0 Å². The monoisotopic (exact) mass is 283 g/mol. The summed E-state index contributed by atoms with van der Waals surface area (Å²) in [6, 6.07) is 0. The van der Waals surface area contributed by atoms with Crippen molar-refractivity contribution in [3.63, 3.8) is 0 Å². The van der Waals surface area contributed by atoms with Gasteiger partial charge in [0.25, 0.3) is 0 Å². The molecule has 1 rings (SSSR count). The quantitative estimate of drug-likeness (QED) is 0.230. The average Bonchev–Trinajstić information content (AvgIpc) is 2.41. The molecule has 4 N–H and O–H groups in total. The van der Waals surface area contributed by atoms with Gasteiger partial charge in [-0.2, -0.15) is 0 Å². The normalized spacial score (nSPS) is 19.9. The third-order valence-electron chi connectivity index (χ3n) is 4.19. The Balaban J connectivity index is 2.69. The second-order valence-corrected chi connectivity index (χ2v) is 5.84. The van der Waals surface area contributed by atoms with E-state index in [2.05, 4.69) is 17.4 Å². The third kappa shape index (κ3) is 5.02. The second-order valence-electron chi connectivity index (χ2n) is 5.84. The SMILES string of the molecule is CCCCCC(=O)NC1(/C(N)=N/O)CCCCCCC1. The average molecular weight is 283 g/mol. The highest BCUT2D eigenvalue weighted by atomic mass is 16.4. The maximum absolute atomic E-state index is 12.1. The summed E-state index contributed by atoms with van der Waals surface area (Å²) in [5, 5.41) is 15.3. The summed E-state index contributed by atoms with van der Waals surface area (Å²) < 4.78 is 0. The number of carbonyl (C=O) groups is 1. The van der Waals surface area contributed by atoms with Crippen molar-refractivity contribution in [2.45, 2.75) is 83.1 Å². The molecule has 0 unspecified atom stereocenters. The molecule has 1 amide bonds. The zero-order chi connectivity index (χ0) is 14.8. The molecule has 0 heterocycles. The molecule has 0 bridgehead atoms. The molecule has 0 aromatic rings. The lowest BCUT2D eigenvalue weighted by Gasteiger charge is -2.35. The van der Waals surface area contributed by atoms with E-state index in [0.29, 0.717) is 6.42 Å². The van der Waals surface area contributed by atoms with Gasteiger partial charge in [-0.1, -0.05) is 57.0 Å². The van der Waals surface area contributed by atoms with E-state index in [0.717, 1.165) is 57.8 Å². The fourth-order valence-corrected chi connectivity index (χ4v) is 2.91. The van der Waals surface area contributed by atoms with Crippen molar-refractivity contribution in [2.24, 2.45) is 10.9 Å². The minimum Gasteiger partial charge on any atom is -0.409 e. The molecule has 0 atom stereocenters. The Morgan fingerprint density at radius 1 is 1.20 bits per heavy atom. The summed E-state index contributed by atoms with van der Waals surface area (Å²) in [5.74, 6) is 0.175. The Labute approximate surface area is 122 Å². The summed E-state index contributed by atoms with van der Waals surface area (Å²) in [5.41, 5.74) is 5.25. The number of carbonyl (C=O) groups excluding carboxylic acids is 1. The molecule has 5 heteroatoms. The van der Waals surface area contributed by atoms with E-state index in [1.807, 2.05) is 0 Å². The van der Waals surface area contributed by atoms with E-state index in [9.17, 15) is 4.79 Å². The van der Waals surface area contributed by atoms with Gasteiger partial charge in [-0.15, -0.1) is 0 Å². The molecule has 20 heavy (non-hydrogen) atoms. The Hall–Kier alpha value is -1.26. The summed E-state index contributed by atoms with van der Waals surface area (Å²) in [6.45, 7) is 2.12. The van der Waals surface area contributed by atoms with Gasteiger partial charge in [0.15, 0.2) is 5.84 Å². The zero-order valence-electron chi connectivity index (χ0n) is 12.7. The van der Waals surface area contributed by atoms with E-state index in [4.69, 9.17) is 10.9 Å². The number of unbranched alkanes of at least 4 members (excludes halogenated alkanes) is 2. The van der Waals surface area contributed by atoms with Crippen molar-refractivity contribution >= 4 is 11.7 Å². The Kier molecular flexibility index (Phi) is 7.41. The van der Waals surface area contributed by atoms with Crippen LogP contribution in [0.3, 0.4) is 0 Å². The molecule has 0 spiro atoms. The molecule has 0 aromatic heterocycles. The number of oxime groups is 1. The van der Waals surface area contributed by atoms with Crippen LogP contribution in [-0.2, 0) is 4.79 Å². The van der Waals surface area contributed by atoms with Gasteiger partial charge in [-0.25, -0.2) is 0 Å². The molecule has 0 radical (unpaired) electrons. The minimum absolute atomic E-state index is 0.0191. The van der Waals surface area contributed by atoms with Crippen molar-refractivity contribution in [2.75, 3.05) is 0 Å². The topological polar surface area (TPSA) is 87.7 Å². The van der Waals surface area contributed by atoms with Gasteiger partial charge in [0, 0.05) is 6.42 Å². The van der Waals surface area contributed by atoms with Gasteiger partial charge in [-0.05, 0) is 19.3 Å². The van der Waals surface area contributed by atoms with Crippen LogP contribution in [-0.4, -0.2) is 22.5 Å². The van der Waals surface area contributed by atoms with Crippen LogP contribution >= 0.6 is 0 Å². The van der Waals surface area contributed by atoms with Crippen molar-refractivity contribution < 1.29 is 10.0 Å². The van der Waals surface area contributed by atoms with Crippen LogP contribution in [0.1, 0.15) is 77.6 Å². The number of rotatable bonds is 6.